The highest BCUT2D eigenvalue weighted by Gasteiger charge is 2.17. The van der Waals surface area contributed by atoms with Gasteiger partial charge >= 0.3 is 0 Å². The van der Waals surface area contributed by atoms with Crippen LogP contribution < -0.4 is 5.32 Å². The fourth-order valence-electron chi connectivity index (χ4n) is 1.78. The Bertz CT molecular complexity index is 600. The van der Waals surface area contributed by atoms with E-state index in [4.69, 9.17) is 4.74 Å². The highest BCUT2D eigenvalue weighted by molar-refractivity contribution is 5.77. The quantitative estimate of drug-likeness (QED) is 0.923. The first-order chi connectivity index (χ1) is 9.37. The molecule has 0 aliphatic carbocycles. The highest BCUT2D eigenvalue weighted by Crippen LogP contribution is 2.12. The van der Waals surface area contributed by atoms with Gasteiger partial charge in [-0.05, 0) is 39.8 Å². The highest BCUT2D eigenvalue weighted by atomic mass is 16.5. The third-order valence-corrected chi connectivity index (χ3v) is 2.74. The molecule has 2 heterocycles. The summed E-state index contributed by atoms with van der Waals surface area (Å²) in [6, 6.07) is 5.43. The van der Waals surface area contributed by atoms with Crippen molar-refractivity contribution in [1.82, 2.24) is 19.9 Å². The van der Waals surface area contributed by atoms with Gasteiger partial charge in [-0.1, -0.05) is 6.07 Å². The minimum absolute atomic E-state index is 0.0323. The summed E-state index contributed by atoms with van der Waals surface area (Å²) in [7, 11) is 0. The normalized spacial score (nSPS) is 13.4. The predicted octanol–water partition coefficient (Wildman–Crippen LogP) is 1.72. The minimum atomic E-state index is -0.331. The number of carbonyl (C=O) groups excluding carboxylic acids is 1. The van der Waals surface area contributed by atoms with E-state index in [0.717, 1.165) is 5.65 Å². The molecule has 108 valence electrons. The van der Waals surface area contributed by atoms with Crippen molar-refractivity contribution >= 4 is 11.6 Å². The number of nitrogens with zero attached hydrogens (tertiary/aromatic N) is 3. The predicted molar refractivity (Wildman–Crippen MR) is 75.2 cm³/mol. The van der Waals surface area contributed by atoms with Crippen molar-refractivity contribution in [2.45, 2.75) is 39.3 Å². The van der Waals surface area contributed by atoms with E-state index in [9.17, 15) is 4.79 Å². The number of rotatable bonds is 4. The molecule has 2 aromatic rings. The molecule has 1 amide bonds. The Morgan fingerprint density at radius 1 is 1.40 bits per heavy atom. The van der Waals surface area contributed by atoms with Crippen molar-refractivity contribution in [2.24, 2.45) is 0 Å². The molecular formula is C14H20N4O2. The van der Waals surface area contributed by atoms with Crippen molar-refractivity contribution in [3.8, 4) is 0 Å². The molecule has 0 aromatic carbocycles. The molecule has 0 saturated carbocycles. The third-order valence-electron chi connectivity index (χ3n) is 2.74. The Kier molecular flexibility index (Phi) is 4.04. The molecule has 2 rings (SSSR count). The molecule has 6 heteroatoms. The number of nitrogens with one attached hydrogen (secondary N) is 1. The number of ether oxygens (including phenoxy) is 1. The zero-order valence-electron chi connectivity index (χ0n) is 12.3. The number of pyridine rings is 1. The molecular weight excluding hydrogens is 256 g/mol. The van der Waals surface area contributed by atoms with E-state index in [2.05, 4.69) is 15.5 Å². The van der Waals surface area contributed by atoms with Gasteiger partial charge in [-0.15, -0.1) is 10.2 Å². The van der Waals surface area contributed by atoms with Crippen molar-refractivity contribution in [3.05, 3.63) is 30.2 Å². The summed E-state index contributed by atoms with van der Waals surface area (Å²) in [6.07, 6.45) is 1.87. The van der Waals surface area contributed by atoms with Crippen LogP contribution in [0.15, 0.2) is 24.4 Å². The zero-order valence-corrected chi connectivity index (χ0v) is 12.3. The fourth-order valence-corrected chi connectivity index (χ4v) is 1.78. The van der Waals surface area contributed by atoms with Gasteiger partial charge in [-0.25, -0.2) is 0 Å². The van der Waals surface area contributed by atoms with E-state index in [-0.39, 0.29) is 24.2 Å². The molecule has 0 fully saturated rings. The van der Waals surface area contributed by atoms with Gasteiger partial charge in [0.1, 0.15) is 6.61 Å². The average molecular weight is 276 g/mol. The van der Waals surface area contributed by atoms with E-state index in [1.54, 1.807) is 0 Å². The van der Waals surface area contributed by atoms with Crippen LogP contribution in [0.1, 0.15) is 39.6 Å². The second-order valence-electron chi connectivity index (χ2n) is 5.68. The molecule has 0 aliphatic heterocycles. The summed E-state index contributed by atoms with van der Waals surface area (Å²) in [5.74, 6) is 0.532. The molecule has 0 radical (unpaired) electrons. The molecule has 1 atom stereocenters. The van der Waals surface area contributed by atoms with Gasteiger partial charge < -0.3 is 10.1 Å². The molecule has 0 spiro atoms. The summed E-state index contributed by atoms with van der Waals surface area (Å²) in [6.45, 7) is 7.64. The number of hydrogen-bond donors (Lipinski definition) is 1. The molecule has 20 heavy (non-hydrogen) atoms. The van der Waals surface area contributed by atoms with Crippen LogP contribution >= 0.6 is 0 Å². The monoisotopic (exact) mass is 276 g/mol. The third kappa shape index (κ3) is 3.54. The summed E-state index contributed by atoms with van der Waals surface area (Å²) >= 11 is 0. The van der Waals surface area contributed by atoms with Gasteiger partial charge in [0.15, 0.2) is 11.5 Å². The summed E-state index contributed by atoms with van der Waals surface area (Å²) in [5, 5.41) is 11.0. The Hall–Kier alpha value is -1.95. The lowest BCUT2D eigenvalue weighted by molar-refractivity contribution is -0.131. The van der Waals surface area contributed by atoms with Gasteiger partial charge in [0.05, 0.1) is 11.6 Å². The molecule has 1 N–H and O–H groups in total. The first-order valence-electron chi connectivity index (χ1n) is 6.60. The number of aromatic nitrogens is 3. The Morgan fingerprint density at radius 3 is 2.85 bits per heavy atom. The molecule has 2 aromatic heterocycles. The second-order valence-corrected chi connectivity index (χ2v) is 5.68. The number of amides is 1. The van der Waals surface area contributed by atoms with Crippen molar-refractivity contribution in [2.75, 3.05) is 6.61 Å². The SMILES string of the molecule is CC(NC(=O)COC(C)(C)C)c1nnc2ccccn12. The lowest BCUT2D eigenvalue weighted by Crippen LogP contribution is -2.34. The average Bonchev–Trinajstić information content (AvgIpc) is 2.79. The molecule has 6 nitrogen and oxygen atoms in total. The topological polar surface area (TPSA) is 68.5 Å². The van der Waals surface area contributed by atoms with Crippen molar-refractivity contribution in [3.63, 3.8) is 0 Å². The molecule has 0 bridgehead atoms. The largest absolute Gasteiger partial charge is 0.366 e. The van der Waals surface area contributed by atoms with E-state index in [0.29, 0.717) is 5.82 Å². The maximum atomic E-state index is 11.8. The van der Waals surface area contributed by atoms with Gasteiger partial charge in [-0.2, -0.15) is 0 Å². The van der Waals surface area contributed by atoms with E-state index >= 15 is 0 Å². The van der Waals surface area contributed by atoms with Crippen LogP contribution in [0.4, 0.5) is 0 Å². The van der Waals surface area contributed by atoms with Crippen molar-refractivity contribution < 1.29 is 9.53 Å². The lowest BCUT2D eigenvalue weighted by Gasteiger charge is -2.20. The van der Waals surface area contributed by atoms with Gasteiger partial charge in [-0.3, -0.25) is 9.20 Å². The van der Waals surface area contributed by atoms with Gasteiger partial charge in [0, 0.05) is 6.20 Å². The van der Waals surface area contributed by atoms with Crippen LogP contribution in [0.5, 0.6) is 0 Å². The van der Waals surface area contributed by atoms with Gasteiger partial charge in [0.25, 0.3) is 0 Å². The first-order valence-corrected chi connectivity index (χ1v) is 6.60. The number of hydrogen-bond acceptors (Lipinski definition) is 4. The molecule has 1 unspecified atom stereocenters. The fraction of sp³-hybridized carbons (Fsp3) is 0.500. The second kappa shape index (κ2) is 5.58. The molecule has 0 aliphatic rings. The molecule has 0 saturated heterocycles. The van der Waals surface area contributed by atoms with Crippen LogP contribution in [0.3, 0.4) is 0 Å². The zero-order chi connectivity index (χ0) is 14.8. The Balaban J connectivity index is 2.01. The maximum absolute atomic E-state index is 11.8. The summed E-state index contributed by atoms with van der Waals surface area (Å²) in [4.78, 5) is 11.8. The van der Waals surface area contributed by atoms with Crippen molar-refractivity contribution in [1.29, 1.82) is 0 Å². The van der Waals surface area contributed by atoms with E-state index < -0.39 is 0 Å². The van der Waals surface area contributed by atoms with Crippen LogP contribution in [0.25, 0.3) is 5.65 Å². The van der Waals surface area contributed by atoms with E-state index in [1.165, 1.54) is 0 Å². The lowest BCUT2D eigenvalue weighted by atomic mass is 10.2. The Morgan fingerprint density at radius 2 is 2.15 bits per heavy atom. The smallest absolute Gasteiger partial charge is 0.246 e. The first kappa shape index (κ1) is 14.5. The van der Waals surface area contributed by atoms with Crippen LogP contribution in [-0.4, -0.2) is 32.7 Å². The number of carbonyl (C=O) groups is 1. The number of fused-ring (bicyclic) bond motifs is 1. The van der Waals surface area contributed by atoms with Crippen LogP contribution in [0.2, 0.25) is 0 Å². The maximum Gasteiger partial charge on any atom is 0.246 e. The van der Waals surface area contributed by atoms with Crippen LogP contribution in [0, 0.1) is 0 Å². The van der Waals surface area contributed by atoms with E-state index in [1.807, 2.05) is 56.5 Å². The summed E-state index contributed by atoms with van der Waals surface area (Å²) in [5.41, 5.74) is 0.428. The Labute approximate surface area is 118 Å². The minimum Gasteiger partial charge on any atom is -0.366 e. The van der Waals surface area contributed by atoms with Gasteiger partial charge in [0.2, 0.25) is 5.91 Å². The van der Waals surface area contributed by atoms with Crippen LogP contribution in [-0.2, 0) is 9.53 Å². The summed E-state index contributed by atoms with van der Waals surface area (Å²) < 4.78 is 7.30. The standard InChI is InChI=1S/C14H20N4O2/c1-10(15-12(19)9-20-14(2,3)4)13-17-16-11-7-5-6-8-18(11)13/h5-8,10H,9H2,1-4H3,(H,15,19).